The van der Waals surface area contributed by atoms with Gasteiger partial charge in [-0.3, -0.25) is 14.8 Å². The zero-order chi connectivity index (χ0) is 14.7. The van der Waals surface area contributed by atoms with Gasteiger partial charge in [0.2, 0.25) is 5.91 Å². The number of hydrogen-bond donors (Lipinski definition) is 1. The van der Waals surface area contributed by atoms with Gasteiger partial charge in [-0.25, -0.2) is 4.98 Å². The molecule has 0 aliphatic rings. The van der Waals surface area contributed by atoms with Crippen LogP contribution in [0.2, 0.25) is 0 Å². The summed E-state index contributed by atoms with van der Waals surface area (Å²) in [5.74, 6) is -0.418. The molecular weight excluding hydrogens is 284 g/mol. The Balaban J connectivity index is 2.14. The van der Waals surface area contributed by atoms with Crippen LogP contribution in [0.4, 0.5) is 0 Å². The lowest BCUT2D eigenvalue weighted by Crippen LogP contribution is -2.15. The Morgan fingerprint density at radius 3 is 2.67 bits per heavy atom. The van der Waals surface area contributed by atoms with Crippen LogP contribution in [0.5, 0.6) is 0 Å². The van der Waals surface area contributed by atoms with Crippen molar-refractivity contribution in [3.05, 3.63) is 53.9 Å². The van der Waals surface area contributed by atoms with Crippen molar-refractivity contribution in [3.8, 4) is 21.8 Å². The van der Waals surface area contributed by atoms with Crippen LogP contribution in [0.1, 0.15) is 5.69 Å². The van der Waals surface area contributed by atoms with Gasteiger partial charge in [0.1, 0.15) is 5.69 Å². The highest BCUT2D eigenvalue weighted by Crippen LogP contribution is 2.31. The van der Waals surface area contributed by atoms with Crippen LogP contribution in [0.15, 0.2) is 48.2 Å². The van der Waals surface area contributed by atoms with Crippen LogP contribution < -0.4 is 5.73 Å². The zero-order valence-corrected chi connectivity index (χ0v) is 11.9. The predicted molar refractivity (Wildman–Crippen MR) is 81.5 cm³/mol. The third kappa shape index (κ3) is 2.95. The van der Waals surface area contributed by atoms with Crippen molar-refractivity contribution in [1.29, 1.82) is 0 Å². The fraction of sp³-hybridized carbons (Fsp3) is 0.0667. The maximum absolute atomic E-state index is 11.1. The average Bonchev–Trinajstić information content (AvgIpc) is 3.01. The number of aromatic nitrogens is 3. The Morgan fingerprint density at radius 2 is 2.00 bits per heavy atom. The number of hydrogen-bond acceptors (Lipinski definition) is 5. The van der Waals surface area contributed by atoms with Gasteiger partial charge in [0.25, 0.3) is 0 Å². The molecule has 0 spiro atoms. The van der Waals surface area contributed by atoms with Crippen LogP contribution in [-0.2, 0) is 11.2 Å². The molecule has 104 valence electrons. The van der Waals surface area contributed by atoms with Crippen LogP contribution in [-0.4, -0.2) is 20.9 Å². The topological polar surface area (TPSA) is 81.8 Å². The summed E-state index contributed by atoms with van der Waals surface area (Å²) >= 11 is 1.58. The van der Waals surface area contributed by atoms with Gasteiger partial charge in [-0.1, -0.05) is 6.07 Å². The lowest BCUT2D eigenvalue weighted by molar-refractivity contribution is -0.117. The first-order valence-corrected chi connectivity index (χ1v) is 7.20. The molecular formula is C15H12N4OS. The highest BCUT2D eigenvalue weighted by atomic mass is 32.1. The fourth-order valence-electron chi connectivity index (χ4n) is 2.00. The standard InChI is InChI=1S/C15H12N4OS/c16-13(20)8-11-9-18-14(10-3-5-17-6-4-10)15(19-11)12-2-1-7-21-12/h1-7,9H,8H2,(H2,16,20). The summed E-state index contributed by atoms with van der Waals surface area (Å²) in [6.07, 6.45) is 5.11. The molecule has 0 aliphatic carbocycles. The van der Waals surface area contributed by atoms with Gasteiger partial charge in [-0.2, -0.15) is 0 Å². The van der Waals surface area contributed by atoms with E-state index in [0.29, 0.717) is 5.69 Å². The van der Waals surface area contributed by atoms with Gasteiger partial charge in [0.15, 0.2) is 0 Å². The van der Waals surface area contributed by atoms with Crippen molar-refractivity contribution in [1.82, 2.24) is 15.0 Å². The van der Waals surface area contributed by atoms with Crippen molar-refractivity contribution < 1.29 is 4.79 Å². The van der Waals surface area contributed by atoms with E-state index >= 15 is 0 Å². The van der Waals surface area contributed by atoms with Crippen LogP contribution in [0.25, 0.3) is 21.8 Å². The van der Waals surface area contributed by atoms with E-state index in [9.17, 15) is 4.79 Å². The molecule has 3 heterocycles. The number of nitrogens with zero attached hydrogens (tertiary/aromatic N) is 3. The maximum Gasteiger partial charge on any atom is 0.223 e. The summed E-state index contributed by atoms with van der Waals surface area (Å²) in [5, 5.41) is 1.98. The first kappa shape index (κ1) is 13.4. The fourth-order valence-corrected chi connectivity index (χ4v) is 2.71. The Labute approximate surface area is 125 Å². The van der Waals surface area contributed by atoms with Crippen molar-refractivity contribution >= 4 is 17.2 Å². The lowest BCUT2D eigenvalue weighted by Gasteiger charge is -2.08. The van der Waals surface area contributed by atoms with Crippen molar-refractivity contribution in [2.45, 2.75) is 6.42 Å². The Bertz CT molecular complexity index is 757. The molecule has 5 nitrogen and oxygen atoms in total. The van der Waals surface area contributed by atoms with Gasteiger partial charge in [0, 0.05) is 24.2 Å². The summed E-state index contributed by atoms with van der Waals surface area (Å²) in [5.41, 5.74) is 8.27. The molecule has 0 aliphatic heterocycles. The van der Waals surface area contributed by atoms with E-state index in [-0.39, 0.29) is 6.42 Å². The highest BCUT2D eigenvalue weighted by Gasteiger charge is 2.13. The number of amides is 1. The van der Waals surface area contributed by atoms with E-state index < -0.39 is 5.91 Å². The smallest absolute Gasteiger partial charge is 0.223 e. The number of rotatable bonds is 4. The third-order valence-electron chi connectivity index (χ3n) is 2.89. The molecule has 0 radical (unpaired) electrons. The Kier molecular flexibility index (Phi) is 3.70. The van der Waals surface area contributed by atoms with Crippen LogP contribution in [0, 0.1) is 0 Å². The highest BCUT2D eigenvalue weighted by molar-refractivity contribution is 7.13. The molecule has 0 fully saturated rings. The molecule has 0 bridgehead atoms. The lowest BCUT2D eigenvalue weighted by atomic mass is 10.1. The van der Waals surface area contributed by atoms with E-state index in [1.54, 1.807) is 29.9 Å². The molecule has 1 amide bonds. The van der Waals surface area contributed by atoms with Gasteiger partial charge < -0.3 is 5.73 Å². The molecule has 0 aromatic carbocycles. The molecule has 6 heteroatoms. The van der Waals surface area contributed by atoms with Crippen LogP contribution >= 0.6 is 11.3 Å². The Morgan fingerprint density at radius 1 is 1.19 bits per heavy atom. The minimum atomic E-state index is -0.418. The quantitative estimate of drug-likeness (QED) is 0.801. The molecule has 0 unspecified atom stereocenters. The van der Waals surface area contributed by atoms with Gasteiger partial charge >= 0.3 is 0 Å². The van der Waals surface area contributed by atoms with Gasteiger partial charge in [0.05, 0.1) is 22.7 Å². The minimum absolute atomic E-state index is 0.0853. The summed E-state index contributed by atoms with van der Waals surface area (Å²) in [4.78, 5) is 25.1. The van der Waals surface area contributed by atoms with E-state index in [1.165, 1.54) is 0 Å². The number of carbonyl (C=O) groups is 1. The zero-order valence-electron chi connectivity index (χ0n) is 11.1. The molecule has 2 N–H and O–H groups in total. The summed E-state index contributed by atoms with van der Waals surface area (Å²) < 4.78 is 0. The normalized spacial score (nSPS) is 10.5. The molecule has 3 rings (SSSR count). The van der Waals surface area contributed by atoms with E-state index in [2.05, 4.69) is 15.0 Å². The molecule has 0 atom stereocenters. The van der Waals surface area contributed by atoms with Crippen molar-refractivity contribution in [2.24, 2.45) is 5.73 Å². The number of nitrogens with two attached hydrogens (primary N) is 1. The second-order valence-corrected chi connectivity index (χ2v) is 5.36. The van der Waals surface area contributed by atoms with E-state index in [4.69, 9.17) is 5.73 Å². The predicted octanol–water partition coefficient (Wildman–Crippen LogP) is 2.29. The molecule has 0 saturated heterocycles. The number of carbonyl (C=O) groups excluding carboxylic acids is 1. The summed E-state index contributed by atoms with van der Waals surface area (Å²) in [7, 11) is 0. The van der Waals surface area contributed by atoms with E-state index in [1.807, 2.05) is 29.6 Å². The van der Waals surface area contributed by atoms with E-state index in [0.717, 1.165) is 21.8 Å². The van der Waals surface area contributed by atoms with Gasteiger partial charge in [-0.05, 0) is 23.6 Å². The first-order chi connectivity index (χ1) is 10.2. The number of thiophene rings is 1. The first-order valence-electron chi connectivity index (χ1n) is 6.32. The monoisotopic (exact) mass is 296 g/mol. The SMILES string of the molecule is NC(=O)Cc1cnc(-c2ccncc2)c(-c2cccs2)n1. The van der Waals surface area contributed by atoms with Crippen molar-refractivity contribution in [3.63, 3.8) is 0 Å². The molecule has 21 heavy (non-hydrogen) atoms. The average molecular weight is 296 g/mol. The Hall–Kier alpha value is -2.60. The number of pyridine rings is 1. The summed E-state index contributed by atoms with van der Waals surface area (Å²) in [6, 6.07) is 7.70. The second-order valence-electron chi connectivity index (χ2n) is 4.41. The molecule has 3 aromatic rings. The summed E-state index contributed by atoms with van der Waals surface area (Å²) in [6.45, 7) is 0. The van der Waals surface area contributed by atoms with Gasteiger partial charge in [-0.15, -0.1) is 11.3 Å². The molecule has 0 saturated carbocycles. The molecule has 3 aromatic heterocycles. The number of primary amides is 1. The van der Waals surface area contributed by atoms with Crippen molar-refractivity contribution in [2.75, 3.05) is 0 Å². The second kappa shape index (κ2) is 5.80. The maximum atomic E-state index is 11.1. The van der Waals surface area contributed by atoms with Crippen LogP contribution in [0.3, 0.4) is 0 Å². The largest absolute Gasteiger partial charge is 0.369 e. The third-order valence-corrected chi connectivity index (χ3v) is 3.76. The minimum Gasteiger partial charge on any atom is -0.369 e.